The molecule has 3 aromatic rings. The third-order valence-electron chi connectivity index (χ3n) is 3.91. The minimum Gasteiger partial charge on any atom is -0.497 e. The van der Waals surface area contributed by atoms with E-state index in [1.54, 1.807) is 24.6 Å². The van der Waals surface area contributed by atoms with Crippen molar-refractivity contribution in [2.75, 3.05) is 7.11 Å². The van der Waals surface area contributed by atoms with Gasteiger partial charge in [0, 0.05) is 30.2 Å². The van der Waals surface area contributed by atoms with Crippen molar-refractivity contribution in [3.8, 4) is 5.75 Å². The number of carbonyl (C=O) groups is 1. The van der Waals surface area contributed by atoms with Gasteiger partial charge in [0.15, 0.2) is 0 Å². The van der Waals surface area contributed by atoms with Crippen molar-refractivity contribution in [2.24, 2.45) is 0 Å². The molecule has 3 rings (SSSR count). The van der Waals surface area contributed by atoms with Gasteiger partial charge in [-0.25, -0.2) is 4.98 Å². The van der Waals surface area contributed by atoms with Crippen molar-refractivity contribution in [3.05, 3.63) is 76.0 Å². The first-order valence-electron chi connectivity index (χ1n) is 8.46. The summed E-state index contributed by atoms with van der Waals surface area (Å²) >= 11 is 1.60. The lowest BCUT2D eigenvalue weighted by Gasteiger charge is -2.05. The van der Waals surface area contributed by atoms with E-state index < -0.39 is 0 Å². The van der Waals surface area contributed by atoms with Crippen LogP contribution in [0, 0.1) is 0 Å². The largest absolute Gasteiger partial charge is 0.497 e. The van der Waals surface area contributed by atoms with Crippen molar-refractivity contribution >= 4 is 17.2 Å². The first kappa shape index (κ1) is 18.1. The van der Waals surface area contributed by atoms with E-state index >= 15 is 0 Å². The highest BCUT2D eigenvalue weighted by Gasteiger charge is 2.08. The lowest BCUT2D eigenvalue weighted by atomic mass is 10.2. The van der Waals surface area contributed by atoms with E-state index in [0.717, 1.165) is 40.6 Å². The van der Waals surface area contributed by atoms with Gasteiger partial charge in [-0.1, -0.05) is 18.2 Å². The number of benzene rings is 1. The molecule has 2 heterocycles. The second-order valence-corrected chi connectivity index (χ2v) is 6.80. The fraction of sp³-hybridized carbons (Fsp3) is 0.250. The third-order valence-corrected chi connectivity index (χ3v) is 4.87. The minimum absolute atomic E-state index is 0.0256. The summed E-state index contributed by atoms with van der Waals surface area (Å²) in [5.74, 6) is 0.781. The van der Waals surface area contributed by atoms with Crippen LogP contribution in [0.3, 0.4) is 0 Å². The SMILES string of the molecule is COc1ccc(CNC(=O)Cc2csc(CCc3ccccn3)n2)cc1. The molecule has 26 heavy (non-hydrogen) atoms. The molecule has 0 saturated heterocycles. The molecule has 0 aliphatic rings. The Labute approximate surface area is 157 Å². The van der Waals surface area contributed by atoms with Crippen LogP contribution < -0.4 is 10.1 Å². The molecule has 5 nitrogen and oxygen atoms in total. The van der Waals surface area contributed by atoms with Crippen LogP contribution in [0.25, 0.3) is 0 Å². The van der Waals surface area contributed by atoms with Crippen LogP contribution in [-0.4, -0.2) is 23.0 Å². The zero-order valence-electron chi connectivity index (χ0n) is 14.6. The summed E-state index contributed by atoms with van der Waals surface area (Å²) in [6, 6.07) is 13.6. The van der Waals surface area contributed by atoms with Crippen LogP contribution in [0.2, 0.25) is 0 Å². The normalized spacial score (nSPS) is 10.5. The highest BCUT2D eigenvalue weighted by molar-refractivity contribution is 7.09. The van der Waals surface area contributed by atoms with Crippen LogP contribution in [0.15, 0.2) is 54.0 Å². The Morgan fingerprint density at radius 2 is 1.96 bits per heavy atom. The second kappa shape index (κ2) is 9.10. The van der Waals surface area contributed by atoms with Crippen LogP contribution in [0.4, 0.5) is 0 Å². The molecule has 0 bridgehead atoms. The zero-order valence-corrected chi connectivity index (χ0v) is 15.5. The molecule has 0 fully saturated rings. The summed E-state index contributed by atoms with van der Waals surface area (Å²) in [5.41, 5.74) is 2.91. The Morgan fingerprint density at radius 3 is 2.69 bits per heavy atom. The number of nitrogens with zero attached hydrogens (tertiary/aromatic N) is 2. The predicted molar refractivity (Wildman–Crippen MR) is 102 cm³/mol. The minimum atomic E-state index is -0.0256. The van der Waals surface area contributed by atoms with Crippen LogP contribution in [0.5, 0.6) is 5.75 Å². The van der Waals surface area contributed by atoms with Gasteiger partial charge in [-0.3, -0.25) is 9.78 Å². The van der Waals surface area contributed by atoms with Crippen LogP contribution in [-0.2, 0) is 30.6 Å². The molecule has 1 amide bonds. The predicted octanol–water partition coefficient (Wildman–Crippen LogP) is 3.19. The van der Waals surface area contributed by atoms with E-state index in [4.69, 9.17) is 4.74 Å². The molecular weight excluding hydrogens is 346 g/mol. The Bertz CT molecular complexity index is 832. The topological polar surface area (TPSA) is 64.1 Å². The van der Waals surface area contributed by atoms with E-state index in [1.165, 1.54) is 0 Å². The maximum atomic E-state index is 12.1. The molecule has 0 atom stereocenters. The van der Waals surface area contributed by atoms with Gasteiger partial charge in [-0.2, -0.15) is 0 Å². The number of pyridine rings is 1. The average molecular weight is 367 g/mol. The van der Waals surface area contributed by atoms with E-state index in [9.17, 15) is 4.79 Å². The molecule has 0 unspecified atom stereocenters. The average Bonchev–Trinajstić information content (AvgIpc) is 3.13. The number of hydrogen-bond acceptors (Lipinski definition) is 5. The molecule has 0 aliphatic carbocycles. The Morgan fingerprint density at radius 1 is 1.12 bits per heavy atom. The number of carbonyl (C=O) groups excluding carboxylic acids is 1. The molecule has 6 heteroatoms. The Kier molecular flexibility index (Phi) is 6.33. The monoisotopic (exact) mass is 367 g/mol. The van der Waals surface area contributed by atoms with Crippen LogP contribution in [0.1, 0.15) is 22.0 Å². The number of aromatic nitrogens is 2. The van der Waals surface area contributed by atoms with Crippen molar-refractivity contribution < 1.29 is 9.53 Å². The molecule has 1 aromatic carbocycles. The standard InChI is InChI=1S/C20H21N3O2S/c1-25-18-8-5-15(6-9-18)13-22-19(24)12-17-14-26-20(23-17)10-7-16-4-2-3-11-21-16/h2-6,8-9,11,14H,7,10,12-13H2,1H3,(H,22,24). The van der Waals surface area contributed by atoms with Crippen molar-refractivity contribution in [2.45, 2.75) is 25.8 Å². The first-order valence-corrected chi connectivity index (χ1v) is 9.34. The van der Waals surface area contributed by atoms with Gasteiger partial charge in [-0.05, 0) is 36.2 Å². The summed E-state index contributed by atoms with van der Waals surface area (Å²) < 4.78 is 5.13. The fourth-order valence-electron chi connectivity index (χ4n) is 2.50. The quantitative estimate of drug-likeness (QED) is 0.664. The van der Waals surface area contributed by atoms with Gasteiger partial charge in [0.25, 0.3) is 0 Å². The van der Waals surface area contributed by atoms with Gasteiger partial charge >= 0.3 is 0 Å². The molecule has 0 saturated carbocycles. The highest BCUT2D eigenvalue weighted by atomic mass is 32.1. The summed E-state index contributed by atoms with van der Waals surface area (Å²) in [5, 5.41) is 5.92. The maximum absolute atomic E-state index is 12.1. The molecule has 0 radical (unpaired) electrons. The molecule has 2 aromatic heterocycles. The van der Waals surface area contributed by atoms with Gasteiger partial charge in [0.1, 0.15) is 5.75 Å². The van der Waals surface area contributed by atoms with E-state index in [0.29, 0.717) is 13.0 Å². The Hall–Kier alpha value is -2.73. The Balaban J connectivity index is 1.44. The summed E-state index contributed by atoms with van der Waals surface area (Å²) in [6.07, 6.45) is 3.80. The number of aryl methyl sites for hydroxylation is 2. The summed E-state index contributed by atoms with van der Waals surface area (Å²) in [7, 11) is 1.63. The second-order valence-electron chi connectivity index (χ2n) is 5.86. The lowest BCUT2D eigenvalue weighted by molar-refractivity contribution is -0.120. The number of amides is 1. The number of nitrogens with one attached hydrogen (secondary N) is 1. The molecule has 1 N–H and O–H groups in total. The smallest absolute Gasteiger partial charge is 0.226 e. The third kappa shape index (κ3) is 5.39. The fourth-order valence-corrected chi connectivity index (χ4v) is 3.29. The van der Waals surface area contributed by atoms with Gasteiger partial charge < -0.3 is 10.1 Å². The first-order chi connectivity index (χ1) is 12.7. The van der Waals surface area contributed by atoms with Crippen molar-refractivity contribution in [3.63, 3.8) is 0 Å². The molecular formula is C20H21N3O2S. The zero-order chi connectivity index (χ0) is 18.2. The van der Waals surface area contributed by atoms with Gasteiger partial charge in [0.05, 0.1) is 24.2 Å². The molecule has 0 aliphatic heterocycles. The van der Waals surface area contributed by atoms with E-state index in [-0.39, 0.29) is 5.91 Å². The lowest BCUT2D eigenvalue weighted by Crippen LogP contribution is -2.24. The van der Waals surface area contributed by atoms with E-state index in [2.05, 4.69) is 15.3 Å². The number of rotatable bonds is 8. The number of methoxy groups -OCH3 is 1. The summed E-state index contributed by atoms with van der Waals surface area (Å²) in [6.45, 7) is 0.500. The number of thiazole rings is 1. The maximum Gasteiger partial charge on any atom is 0.226 e. The number of ether oxygens (including phenoxy) is 1. The van der Waals surface area contributed by atoms with Gasteiger partial charge in [0.2, 0.25) is 5.91 Å². The highest BCUT2D eigenvalue weighted by Crippen LogP contribution is 2.14. The molecule has 134 valence electrons. The van der Waals surface area contributed by atoms with Crippen LogP contribution >= 0.6 is 11.3 Å². The molecule has 0 spiro atoms. The summed E-state index contributed by atoms with van der Waals surface area (Å²) in [4.78, 5) is 21.0. The van der Waals surface area contributed by atoms with Crippen molar-refractivity contribution in [1.29, 1.82) is 0 Å². The van der Waals surface area contributed by atoms with Gasteiger partial charge in [-0.15, -0.1) is 11.3 Å². The number of hydrogen-bond donors (Lipinski definition) is 1. The van der Waals surface area contributed by atoms with E-state index in [1.807, 2.05) is 47.8 Å². The van der Waals surface area contributed by atoms with Crippen molar-refractivity contribution in [1.82, 2.24) is 15.3 Å².